The standard InChI is InChI=1S/C20H13NO2/c22-16-10-4-9-15-19(16)17(13-6-2-1-3-7-13)18(20(15)23)14-8-5-11-21-12-14/h1-12,22H. The van der Waals surface area contributed by atoms with Crippen LogP contribution in [0.1, 0.15) is 27.0 Å². The van der Waals surface area contributed by atoms with Crippen LogP contribution in [0.25, 0.3) is 11.1 Å². The lowest BCUT2D eigenvalue weighted by Crippen LogP contribution is -1.98. The number of carbonyl (C=O) groups is 1. The Kier molecular flexibility index (Phi) is 3.05. The second-order valence-corrected chi connectivity index (χ2v) is 5.39. The van der Waals surface area contributed by atoms with Gasteiger partial charge in [0, 0.05) is 40.2 Å². The Morgan fingerprint density at radius 2 is 1.57 bits per heavy atom. The van der Waals surface area contributed by atoms with E-state index in [9.17, 15) is 9.90 Å². The van der Waals surface area contributed by atoms with Gasteiger partial charge in [-0.3, -0.25) is 9.78 Å². The third kappa shape index (κ3) is 2.06. The molecule has 1 aliphatic rings. The molecule has 0 atom stereocenters. The van der Waals surface area contributed by atoms with Crippen LogP contribution < -0.4 is 0 Å². The fourth-order valence-electron chi connectivity index (χ4n) is 3.04. The highest BCUT2D eigenvalue weighted by atomic mass is 16.3. The highest BCUT2D eigenvalue weighted by molar-refractivity contribution is 6.41. The van der Waals surface area contributed by atoms with Crippen LogP contribution in [0.15, 0.2) is 73.1 Å². The van der Waals surface area contributed by atoms with E-state index >= 15 is 0 Å². The van der Waals surface area contributed by atoms with Crippen LogP contribution in [0.2, 0.25) is 0 Å². The smallest absolute Gasteiger partial charge is 0.195 e. The molecule has 1 heterocycles. The molecule has 0 radical (unpaired) electrons. The van der Waals surface area contributed by atoms with Gasteiger partial charge < -0.3 is 5.11 Å². The van der Waals surface area contributed by atoms with Crippen molar-refractivity contribution < 1.29 is 9.90 Å². The number of aromatic hydroxyl groups is 1. The Bertz CT molecular complexity index is 928. The molecule has 0 spiro atoms. The summed E-state index contributed by atoms with van der Waals surface area (Å²) in [7, 11) is 0. The van der Waals surface area contributed by atoms with Crippen molar-refractivity contribution in [1.29, 1.82) is 0 Å². The number of benzene rings is 2. The summed E-state index contributed by atoms with van der Waals surface area (Å²) in [5, 5.41) is 10.3. The highest BCUT2D eigenvalue weighted by Crippen LogP contribution is 2.45. The molecule has 1 aromatic heterocycles. The molecule has 0 amide bonds. The first-order valence-electron chi connectivity index (χ1n) is 7.34. The van der Waals surface area contributed by atoms with Crippen molar-refractivity contribution in [3.8, 4) is 5.75 Å². The molecule has 2 aromatic carbocycles. The number of pyridine rings is 1. The van der Waals surface area contributed by atoms with Crippen LogP contribution in [0.4, 0.5) is 0 Å². The molecule has 1 aliphatic carbocycles. The van der Waals surface area contributed by atoms with E-state index in [4.69, 9.17) is 0 Å². The SMILES string of the molecule is O=C1C(c2cccnc2)=C(c2ccccc2)c2c(O)cccc21. The summed E-state index contributed by atoms with van der Waals surface area (Å²) in [4.78, 5) is 17.1. The molecule has 3 nitrogen and oxygen atoms in total. The van der Waals surface area contributed by atoms with Gasteiger partial charge in [-0.2, -0.15) is 0 Å². The number of nitrogens with zero attached hydrogens (tertiary/aromatic N) is 1. The summed E-state index contributed by atoms with van der Waals surface area (Å²) in [6.07, 6.45) is 3.36. The van der Waals surface area contributed by atoms with Gasteiger partial charge in [0.1, 0.15) is 5.75 Å². The number of allylic oxidation sites excluding steroid dienone is 1. The lowest BCUT2D eigenvalue weighted by atomic mass is 9.94. The van der Waals surface area contributed by atoms with Gasteiger partial charge in [-0.15, -0.1) is 0 Å². The molecule has 0 saturated carbocycles. The van der Waals surface area contributed by atoms with Crippen LogP contribution in [0.5, 0.6) is 5.75 Å². The molecule has 3 heteroatoms. The average molecular weight is 299 g/mol. The lowest BCUT2D eigenvalue weighted by Gasteiger charge is -2.09. The van der Waals surface area contributed by atoms with Crippen molar-refractivity contribution >= 4 is 16.9 Å². The molecule has 0 bridgehead atoms. The van der Waals surface area contributed by atoms with Crippen molar-refractivity contribution in [2.75, 3.05) is 0 Å². The summed E-state index contributed by atoms with van der Waals surface area (Å²) in [5.41, 5.74) is 4.13. The largest absolute Gasteiger partial charge is 0.507 e. The van der Waals surface area contributed by atoms with E-state index in [1.54, 1.807) is 36.7 Å². The minimum atomic E-state index is -0.0808. The zero-order valence-corrected chi connectivity index (χ0v) is 12.2. The maximum atomic E-state index is 12.9. The van der Waals surface area contributed by atoms with Crippen molar-refractivity contribution in [2.24, 2.45) is 0 Å². The van der Waals surface area contributed by atoms with Gasteiger partial charge in [0.15, 0.2) is 5.78 Å². The molecular formula is C20H13NO2. The maximum Gasteiger partial charge on any atom is 0.195 e. The maximum absolute atomic E-state index is 12.9. The normalized spacial score (nSPS) is 13.3. The van der Waals surface area contributed by atoms with Crippen molar-refractivity contribution in [2.45, 2.75) is 0 Å². The molecule has 23 heavy (non-hydrogen) atoms. The van der Waals surface area contributed by atoms with E-state index in [0.717, 1.165) is 16.7 Å². The molecular weight excluding hydrogens is 286 g/mol. The Hall–Kier alpha value is -3.20. The predicted molar refractivity (Wildman–Crippen MR) is 89.0 cm³/mol. The number of rotatable bonds is 2. The van der Waals surface area contributed by atoms with Gasteiger partial charge in [-0.1, -0.05) is 48.5 Å². The number of hydrogen-bond donors (Lipinski definition) is 1. The molecule has 3 aromatic rings. The third-order valence-corrected chi connectivity index (χ3v) is 4.03. The first kappa shape index (κ1) is 13.5. The van der Waals surface area contributed by atoms with Crippen LogP contribution >= 0.6 is 0 Å². The zero-order valence-electron chi connectivity index (χ0n) is 12.2. The number of phenols is 1. The number of aromatic nitrogens is 1. The number of fused-ring (bicyclic) bond motifs is 1. The summed E-state index contributed by atoms with van der Waals surface area (Å²) >= 11 is 0. The fourth-order valence-corrected chi connectivity index (χ4v) is 3.04. The van der Waals surface area contributed by atoms with Gasteiger partial charge in [-0.25, -0.2) is 0 Å². The molecule has 0 aliphatic heterocycles. The Morgan fingerprint density at radius 3 is 2.30 bits per heavy atom. The molecule has 0 unspecified atom stereocenters. The number of phenolic OH excluding ortho intramolecular Hbond substituents is 1. The van der Waals surface area contributed by atoms with E-state index in [1.807, 2.05) is 36.4 Å². The lowest BCUT2D eigenvalue weighted by molar-refractivity contribution is 0.105. The Morgan fingerprint density at radius 1 is 0.783 bits per heavy atom. The van der Waals surface area contributed by atoms with Crippen LogP contribution in [0.3, 0.4) is 0 Å². The second-order valence-electron chi connectivity index (χ2n) is 5.39. The minimum Gasteiger partial charge on any atom is -0.507 e. The number of hydrogen-bond acceptors (Lipinski definition) is 3. The van der Waals surface area contributed by atoms with E-state index < -0.39 is 0 Å². The van der Waals surface area contributed by atoms with Gasteiger partial charge in [0.05, 0.1) is 0 Å². The van der Waals surface area contributed by atoms with E-state index in [-0.39, 0.29) is 11.5 Å². The van der Waals surface area contributed by atoms with Crippen LogP contribution in [0, 0.1) is 0 Å². The van der Waals surface area contributed by atoms with Crippen molar-refractivity contribution in [1.82, 2.24) is 4.98 Å². The molecule has 0 fully saturated rings. The first-order chi connectivity index (χ1) is 11.3. The van der Waals surface area contributed by atoms with E-state index in [2.05, 4.69) is 4.98 Å². The van der Waals surface area contributed by atoms with Crippen LogP contribution in [-0.2, 0) is 0 Å². The summed E-state index contributed by atoms with van der Waals surface area (Å²) < 4.78 is 0. The predicted octanol–water partition coefficient (Wildman–Crippen LogP) is 3.94. The molecule has 1 N–H and O–H groups in total. The average Bonchev–Trinajstić information content (AvgIpc) is 2.91. The van der Waals surface area contributed by atoms with Gasteiger partial charge in [-0.05, 0) is 17.7 Å². The second kappa shape index (κ2) is 5.21. The van der Waals surface area contributed by atoms with Crippen molar-refractivity contribution in [3.63, 3.8) is 0 Å². The number of carbonyl (C=O) groups excluding carboxylic acids is 1. The van der Waals surface area contributed by atoms with Crippen LogP contribution in [-0.4, -0.2) is 15.9 Å². The number of Topliss-reactive ketones (excluding diaryl/α,β-unsaturated/α-hetero) is 1. The summed E-state index contributed by atoms with van der Waals surface area (Å²) in [5.74, 6) is 0.0383. The summed E-state index contributed by atoms with van der Waals surface area (Å²) in [6, 6.07) is 18.4. The van der Waals surface area contributed by atoms with Gasteiger partial charge in [0.25, 0.3) is 0 Å². The minimum absolute atomic E-state index is 0.0808. The fraction of sp³-hybridized carbons (Fsp3) is 0. The van der Waals surface area contributed by atoms with E-state index in [0.29, 0.717) is 16.7 Å². The van der Waals surface area contributed by atoms with Crippen molar-refractivity contribution in [3.05, 3.63) is 95.3 Å². The van der Waals surface area contributed by atoms with E-state index in [1.165, 1.54) is 0 Å². The first-order valence-corrected chi connectivity index (χ1v) is 7.34. The summed E-state index contributed by atoms with van der Waals surface area (Å²) in [6.45, 7) is 0. The highest BCUT2D eigenvalue weighted by Gasteiger charge is 2.33. The Balaban J connectivity index is 2.08. The van der Waals surface area contributed by atoms with Gasteiger partial charge >= 0.3 is 0 Å². The topological polar surface area (TPSA) is 50.2 Å². The molecule has 4 rings (SSSR count). The number of ketones is 1. The van der Waals surface area contributed by atoms with Gasteiger partial charge in [0.2, 0.25) is 0 Å². The quantitative estimate of drug-likeness (QED) is 0.779. The third-order valence-electron chi connectivity index (χ3n) is 4.03. The monoisotopic (exact) mass is 299 g/mol. The Labute approximate surface area is 133 Å². The molecule has 110 valence electrons. The molecule has 0 saturated heterocycles. The zero-order chi connectivity index (χ0) is 15.8.